The molecule has 4 rings (SSSR count). The highest BCUT2D eigenvalue weighted by Gasteiger charge is 2.79. The molecule has 2 aromatic rings. The van der Waals surface area contributed by atoms with Crippen molar-refractivity contribution in [2.45, 2.75) is 18.8 Å². The number of fused-ring (bicyclic) bond motifs is 2. The third-order valence-electron chi connectivity index (χ3n) is 6.07. The molecule has 2 bridgehead atoms. The summed E-state index contributed by atoms with van der Waals surface area (Å²) in [5, 5.41) is 39.7. The van der Waals surface area contributed by atoms with Crippen LogP contribution in [0, 0.1) is 56.2 Å². The van der Waals surface area contributed by atoms with E-state index in [1.54, 1.807) is 55.5 Å². The van der Waals surface area contributed by atoms with Crippen molar-refractivity contribution in [1.82, 2.24) is 0 Å². The maximum absolute atomic E-state index is 10.3. The Morgan fingerprint density at radius 1 is 1.07 bits per heavy atom. The Kier molecular flexibility index (Phi) is 4.64. The lowest BCUT2D eigenvalue weighted by Gasteiger charge is -2.48. The first-order chi connectivity index (χ1) is 14.3. The predicted molar refractivity (Wildman–Crippen MR) is 111 cm³/mol. The number of hydrogen-bond donors (Lipinski definition) is 1. The normalized spacial score (nSPS) is 31.1. The SMILES string of the molecule is CC1C2(c3ccc(Cl)cc3)OC(=N)C1(C#N)C(C#N)(C#N)C(c1cccc(Br)c1)O2. The zero-order valence-electron chi connectivity index (χ0n) is 15.7. The fourth-order valence-corrected chi connectivity index (χ4v) is 5.06. The molecular weight excluding hydrogens is 468 g/mol. The van der Waals surface area contributed by atoms with Gasteiger partial charge in [-0.1, -0.05) is 58.7 Å². The van der Waals surface area contributed by atoms with Gasteiger partial charge in [0.25, 0.3) is 0 Å². The monoisotopic (exact) mass is 480 g/mol. The van der Waals surface area contributed by atoms with Gasteiger partial charge in [-0.15, -0.1) is 0 Å². The van der Waals surface area contributed by atoms with Crippen LogP contribution in [0.1, 0.15) is 24.2 Å². The van der Waals surface area contributed by atoms with Crippen LogP contribution < -0.4 is 0 Å². The van der Waals surface area contributed by atoms with Crippen LogP contribution in [-0.2, 0) is 15.3 Å². The van der Waals surface area contributed by atoms with Crippen molar-refractivity contribution in [3.8, 4) is 18.2 Å². The van der Waals surface area contributed by atoms with E-state index in [0.29, 0.717) is 16.1 Å². The second kappa shape index (κ2) is 6.83. The molecular formula is C22H14BrClN4O2. The lowest BCUT2D eigenvalue weighted by atomic mass is 9.53. The zero-order valence-corrected chi connectivity index (χ0v) is 18.0. The number of ether oxygens (including phenoxy) is 2. The van der Waals surface area contributed by atoms with Crippen LogP contribution in [0.4, 0.5) is 0 Å². The molecule has 0 aliphatic carbocycles. The molecule has 4 atom stereocenters. The summed E-state index contributed by atoms with van der Waals surface area (Å²) in [5.74, 6) is -2.79. The fraction of sp³-hybridized carbons (Fsp3) is 0.273. The van der Waals surface area contributed by atoms with Crippen LogP contribution >= 0.6 is 27.5 Å². The molecule has 2 fully saturated rings. The molecule has 2 aromatic carbocycles. The minimum absolute atomic E-state index is 0.451. The van der Waals surface area contributed by atoms with Gasteiger partial charge in [0.05, 0.1) is 24.1 Å². The maximum Gasteiger partial charge on any atom is 0.244 e. The Morgan fingerprint density at radius 3 is 2.30 bits per heavy atom. The van der Waals surface area contributed by atoms with E-state index in [1.807, 2.05) is 12.1 Å². The zero-order chi connectivity index (χ0) is 21.7. The van der Waals surface area contributed by atoms with Crippen LogP contribution in [0.2, 0.25) is 5.02 Å². The van der Waals surface area contributed by atoms with E-state index in [4.69, 9.17) is 26.5 Å². The number of rotatable bonds is 2. The summed E-state index contributed by atoms with van der Waals surface area (Å²) in [5.41, 5.74) is -2.76. The Balaban J connectivity index is 2.04. The largest absolute Gasteiger partial charge is 0.443 e. The summed E-state index contributed by atoms with van der Waals surface area (Å²) in [6.45, 7) is 1.67. The average Bonchev–Trinajstić information content (AvgIpc) is 2.90. The molecule has 0 spiro atoms. The summed E-state index contributed by atoms with van der Waals surface area (Å²) in [6, 6.07) is 19.9. The molecule has 0 radical (unpaired) electrons. The first-order valence-electron chi connectivity index (χ1n) is 9.02. The van der Waals surface area contributed by atoms with E-state index in [-0.39, 0.29) is 0 Å². The van der Waals surface area contributed by atoms with Crippen molar-refractivity contribution < 1.29 is 9.47 Å². The van der Waals surface area contributed by atoms with Crippen LogP contribution in [-0.4, -0.2) is 5.90 Å². The van der Waals surface area contributed by atoms with Crippen molar-refractivity contribution in [2.24, 2.45) is 16.7 Å². The Labute approximate surface area is 186 Å². The molecule has 0 amide bonds. The first kappa shape index (κ1) is 20.4. The van der Waals surface area contributed by atoms with E-state index in [9.17, 15) is 15.8 Å². The summed E-state index contributed by atoms with van der Waals surface area (Å²) in [7, 11) is 0. The van der Waals surface area contributed by atoms with Gasteiger partial charge in [-0.05, 0) is 29.8 Å². The number of nitriles is 3. The highest BCUT2D eigenvalue weighted by atomic mass is 79.9. The molecule has 1 N–H and O–H groups in total. The molecule has 0 aromatic heterocycles. The topological polar surface area (TPSA) is 114 Å². The summed E-state index contributed by atoms with van der Waals surface area (Å²) in [4.78, 5) is 0. The molecule has 0 saturated carbocycles. The van der Waals surface area contributed by atoms with Crippen molar-refractivity contribution in [3.05, 3.63) is 69.2 Å². The number of nitrogens with zero attached hydrogens (tertiary/aromatic N) is 3. The van der Waals surface area contributed by atoms with Gasteiger partial charge in [0.2, 0.25) is 17.1 Å². The van der Waals surface area contributed by atoms with Gasteiger partial charge in [0, 0.05) is 15.1 Å². The van der Waals surface area contributed by atoms with Gasteiger partial charge in [0.15, 0.2) is 5.41 Å². The predicted octanol–water partition coefficient (Wildman–Crippen LogP) is 5.21. The van der Waals surface area contributed by atoms with Gasteiger partial charge >= 0.3 is 0 Å². The molecule has 6 nitrogen and oxygen atoms in total. The van der Waals surface area contributed by atoms with Crippen molar-refractivity contribution in [2.75, 3.05) is 0 Å². The molecule has 2 saturated heterocycles. The van der Waals surface area contributed by atoms with Crippen LogP contribution in [0.25, 0.3) is 0 Å². The molecule has 2 aliphatic rings. The van der Waals surface area contributed by atoms with Crippen LogP contribution in [0.5, 0.6) is 0 Å². The standard InChI is InChI=1S/C22H14BrClN4O2/c1-13-21(12-27)19(28)30-22(13,15-5-7-17(24)8-6-15)29-18(20(21,10-25)11-26)14-3-2-4-16(23)9-14/h2-9,13,18,28H,1H3. The van der Waals surface area contributed by atoms with Gasteiger partial charge < -0.3 is 9.47 Å². The molecule has 148 valence electrons. The van der Waals surface area contributed by atoms with Crippen molar-refractivity contribution in [1.29, 1.82) is 21.2 Å². The first-order valence-corrected chi connectivity index (χ1v) is 10.2. The number of benzene rings is 2. The molecule has 30 heavy (non-hydrogen) atoms. The molecule has 8 heteroatoms. The summed E-state index contributed by atoms with van der Waals surface area (Å²) >= 11 is 9.44. The number of halogens is 2. The van der Waals surface area contributed by atoms with Gasteiger partial charge in [-0.2, -0.15) is 15.8 Å². The third kappa shape index (κ3) is 2.33. The van der Waals surface area contributed by atoms with E-state index >= 15 is 0 Å². The Morgan fingerprint density at radius 2 is 1.73 bits per heavy atom. The highest BCUT2D eigenvalue weighted by molar-refractivity contribution is 9.10. The second-order valence-corrected chi connectivity index (χ2v) is 8.68. The van der Waals surface area contributed by atoms with Crippen molar-refractivity contribution >= 4 is 33.4 Å². The number of hydrogen-bond acceptors (Lipinski definition) is 6. The van der Waals surface area contributed by atoms with E-state index in [2.05, 4.69) is 22.0 Å². The van der Waals surface area contributed by atoms with Crippen LogP contribution in [0.3, 0.4) is 0 Å². The minimum Gasteiger partial charge on any atom is -0.443 e. The van der Waals surface area contributed by atoms with Gasteiger partial charge in [-0.25, -0.2) is 0 Å². The summed E-state index contributed by atoms with van der Waals surface area (Å²) < 4.78 is 13.1. The lowest BCUT2D eigenvalue weighted by Crippen LogP contribution is -2.57. The maximum atomic E-state index is 10.3. The number of nitrogens with one attached hydrogen (secondary N) is 1. The Hall–Kier alpha value is -2.89. The lowest BCUT2D eigenvalue weighted by molar-refractivity contribution is -0.288. The molecule has 2 heterocycles. The van der Waals surface area contributed by atoms with E-state index in [0.717, 1.165) is 4.47 Å². The minimum atomic E-state index is -1.99. The fourth-order valence-electron chi connectivity index (χ4n) is 4.52. The third-order valence-corrected chi connectivity index (χ3v) is 6.81. The van der Waals surface area contributed by atoms with Crippen LogP contribution in [0.15, 0.2) is 53.0 Å². The van der Waals surface area contributed by atoms with E-state index in [1.165, 1.54) is 0 Å². The highest BCUT2D eigenvalue weighted by Crippen LogP contribution is 2.69. The second-order valence-electron chi connectivity index (χ2n) is 7.33. The molecule has 2 aliphatic heterocycles. The van der Waals surface area contributed by atoms with Crippen molar-refractivity contribution in [3.63, 3.8) is 0 Å². The Bertz CT molecular complexity index is 1170. The summed E-state index contributed by atoms with van der Waals surface area (Å²) in [6.07, 6.45) is -1.14. The van der Waals surface area contributed by atoms with E-state index < -0.39 is 34.5 Å². The molecule has 4 unspecified atom stereocenters. The van der Waals surface area contributed by atoms with Gasteiger partial charge in [0.1, 0.15) is 6.10 Å². The van der Waals surface area contributed by atoms with Gasteiger partial charge in [-0.3, -0.25) is 5.41 Å². The smallest absolute Gasteiger partial charge is 0.244 e. The average molecular weight is 482 g/mol. The quantitative estimate of drug-likeness (QED) is 0.632.